The van der Waals surface area contributed by atoms with Gasteiger partial charge in [0.1, 0.15) is 5.82 Å². The third kappa shape index (κ3) is 3.39. The second kappa shape index (κ2) is 6.76. The van der Waals surface area contributed by atoms with Crippen LogP contribution in [0.2, 0.25) is 0 Å². The SMILES string of the molecule is CC1CN(c2ccc(C(=O)Nc3ccc4nc[nH]c4c3)cn2)CC(C)O1. The van der Waals surface area contributed by atoms with E-state index in [0.29, 0.717) is 11.3 Å². The number of amides is 1. The molecule has 1 aromatic carbocycles. The molecule has 1 fully saturated rings. The Morgan fingerprint density at radius 2 is 2.00 bits per heavy atom. The van der Waals surface area contributed by atoms with E-state index in [9.17, 15) is 4.79 Å². The van der Waals surface area contributed by atoms with Gasteiger partial charge in [0.15, 0.2) is 0 Å². The number of anilines is 2. The molecular formula is C19H21N5O2. The molecule has 2 unspecified atom stereocenters. The molecule has 0 spiro atoms. The number of aromatic nitrogens is 3. The van der Waals surface area contributed by atoms with E-state index in [1.807, 2.05) is 24.3 Å². The zero-order chi connectivity index (χ0) is 18.1. The number of morpholine rings is 1. The molecule has 0 aliphatic carbocycles. The number of aromatic amines is 1. The number of H-pyrrole nitrogens is 1. The largest absolute Gasteiger partial charge is 0.372 e. The molecule has 0 bridgehead atoms. The number of imidazole rings is 1. The molecule has 0 radical (unpaired) electrons. The fraction of sp³-hybridized carbons (Fsp3) is 0.316. The zero-order valence-electron chi connectivity index (χ0n) is 14.8. The van der Waals surface area contributed by atoms with Crippen LogP contribution < -0.4 is 10.2 Å². The summed E-state index contributed by atoms with van der Waals surface area (Å²) in [5.74, 6) is 0.675. The third-order valence-corrected chi connectivity index (χ3v) is 4.43. The Bertz CT molecular complexity index is 911. The molecule has 3 heterocycles. The monoisotopic (exact) mass is 351 g/mol. The smallest absolute Gasteiger partial charge is 0.257 e. The number of rotatable bonds is 3. The minimum Gasteiger partial charge on any atom is -0.372 e. The van der Waals surface area contributed by atoms with Gasteiger partial charge in [-0.25, -0.2) is 9.97 Å². The van der Waals surface area contributed by atoms with Crippen LogP contribution in [-0.4, -0.2) is 46.2 Å². The Morgan fingerprint density at radius 3 is 2.73 bits per heavy atom. The van der Waals surface area contributed by atoms with Crippen LogP contribution in [0.5, 0.6) is 0 Å². The normalized spacial score (nSPS) is 20.3. The van der Waals surface area contributed by atoms with Gasteiger partial charge in [0.2, 0.25) is 0 Å². The van der Waals surface area contributed by atoms with Crippen molar-refractivity contribution in [2.75, 3.05) is 23.3 Å². The number of hydrogen-bond donors (Lipinski definition) is 2. The Balaban J connectivity index is 1.46. The van der Waals surface area contributed by atoms with E-state index in [-0.39, 0.29) is 18.1 Å². The maximum atomic E-state index is 12.5. The molecule has 4 rings (SSSR count). The Kier molecular flexibility index (Phi) is 4.30. The van der Waals surface area contributed by atoms with Crippen molar-refractivity contribution >= 4 is 28.4 Å². The maximum absolute atomic E-state index is 12.5. The van der Waals surface area contributed by atoms with Gasteiger partial charge in [-0.3, -0.25) is 4.79 Å². The predicted octanol–water partition coefficient (Wildman–Crippen LogP) is 2.82. The van der Waals surface area contributed by atoms with Gasteiger partial charge in [-0.05, 0) is 44.2 Å². The highest BCUT2D eigenvalue weighted by molar-refractivity contribution is 6.04. The summed E-state index contributed by atoms with van der Waals surface area (Å²) in [5.41, 5.74) is 2.98. The van der Waals surface area contributed by atoms with Crippen LogP contribution in [0.15, 0.2) is 42.9 Å². The Morgan fingerprint density at radius 1 is 1.19 bits per heavy atom. The van der Waals surface area contributed by atoms with Crippen molar-refractivity contribution in [2.45, 2.75) is 26.1 Å². The molecule has 3 aromatic rings. The molecule has 2 aromatic heterocycles. The molecule has 7 heteroatoms. The maximum Gasteiger partial charge on any atom is 0.257 e. The summed E-state index contributed by atoms with van der Waals surface area (Å²) in [6, 6.07) is 9.25. The van der Waals surface area contributed by atoms with Gasteiger partial charge in [-0.2, -0.15) is 0 Å². The van der Waals surface area contributed by atoms with Crippen LogP contribution in [0.4, 0.5) is 11.5 Å². The van der Waals surface area contributed by atoms with Crippen LogP contribution >= 0.6 is 0 Å². The van der Waals surface area contributed by atoms with Crippen molar-refractivity contribution in [3.8, 4) is 0 Å². The first-order valence-electron chi connectivity index (χ1n) is 8.69. The average molecular weight is 351 g/mol. The van der Waals surface area contributed by atoms with Gasteiger partial charge >= 0.3 is 0 Å². The molecule has 1 saturated heterocycles. The number of nitrogens with one attached hydrogen (secondary N) is 2. The summed E-state index contributed by atoms with van der Waals surface area (Å²) in [5, 5.41) is 2.89. The number of pyridine rings is 1. The van der Waals surface area contributed by atoms with E-state index in [4.69, 9.17) is 4.74 Å². The molecule has 2 N–H and O–H groups in total. The molecule has 7 nitrogen and oxygen atoms in total. The van der Waals surface area contributed by atoms with Crippen molar-refractivity contribution in [1.29, 1.82) is 0 Å². The fourth-order valence-electron chi connectivity index (χ4n) is 3.29. The van der Waals surface area contributed by atoms with Crippen LogP contribution in [0, 0.1) is 0 Å². The van der Waals surface area contributed by atoms with Crippen molar-refractivity contribution in [3.63, 3.8) is 0 Å². The molecule has 1 amide bonds. The van der Waals surface area contributed by atoms with Gasteiger partial charge in [0.05, 0.1) is 35.1 Å². The molecular weight excluding hydrogens is 330 g/mol. The van der Waals surface area contributed by atoms with Crippen molar-refractivity contribution in [2.24, 2.45) is 0 Å². The van der Waals surface area contributed by atoms with Crippen molar-refractivity contribution in [3.05, 3.63) is 48.4 Å². The van der Waals surface area contributed by atoms with E-state index in [2.05, 4.69) is 39.0 Å². The molecule has 1 aliphatic rings. The lowest BCUT2D eigenvalue weighted by Crippen LogP contribution is -2.45. The van der Waals surface area contributed by atoms with E-state index >= 15 is 0 Å². The third-order valence-electron chi connectivity index (χ3n) is 4.43. The Hall–Kier alpha value is -2.93. The topological polar surface area (TPSA) is 83.1 Å². The summed E-state index contributed by atoms with van der Waals surface area (Å²) in [6.07, 6.45) is 3.58. The fourth-order valence-corrected chi connectivity index (χ4v) is 3.29. The predicted molar refractivity (Wildman–Crippen MR) is 101 cm³/mol. The number of carbonyl (C=O) groups excluding carboxylic acids is 1. The first kappa shape index (κ1) is 16.5. The number of nitrogens with zero attached hydrogens (tertiary/aromatic N) is 3. The lowest BCUT2D eigenvalue weighted by Gasteiger charge is -2.36. The van der Waals surface area contributed by atoms with E-state index in [0.717, 1.165) is 29.9 Å². The van der Waals surface area contributed by atoms with E-state index in [1.165, 1.54) is 0 Å². The van der Waals surface area contributed by atoms with Crippen LogP contribution in [-0.2, 0) is 4.74 Å². The van der Waals surface area contributed by atoms with Crippen LogP contribution in [0.3, 0.4) is 0 Å². The van der Waals surface area contributed by atoms with E-state index in [1.54, 1.807) is 18.6 Å². The van der Waals surface area contributed by atoms with Gasteiger partial charge < -0.3 is 19.9 Å². The average Bonchev–Trinajstić information content (AvgIpc) is 3.09. The summed E-state index contributed by atoms with van der Waals surface area (Å²) >= 11 is 0. The van der Waals surface area contributed by atoms with Gasteiger partial charge in [-0.15, -0.1) is 0 Å². The molecule has 134 valence electrons. The summed E-state index contributed by atoms with van der Waals surface area (Å²) in [4.78, 5) is 26.3. The highest BCUT2D eigenvalue weighted by Crippen LogP contribution is 2.20. The summed E-state index contributed by atoms with van der Waals surface area (Å²) < 4.78 is 5.75. The quantitative estimate of drug-likeness (QED) is 0.758. The molecule has 26 heavy (non-hydrogen) atoms. The molecule has 1 aliphatic heterocycles. The van der Waals surface area contributed by atoms with Gasteiger partial charge in [0, 0.05) is 25.0 Å². The highest BCUT2D eigenvalue weighted by atomic mass is 16.5. The first-order valence-corrected chi connectivity index (χ1v) is 8.69. The van der Waals surface area contributed by atoms with Gasteiger partial charge in [0.25, 0.3) is 5.91 Å². The number of benzene rings is 1. The van der Waals surface area contributed by atoms with Crippen LogP contribution in [0.25, 0.3) is 11.0 Å². The lowest BCUT2D eigenvalue weighted by atomic mass is 10.2. The summed E-state index contributed by atoms with van der Waals surface area (Å²) in [6.45, 7) is 5.71. The highest BCUT2D eigenvalue weighted by Gasteiger charge is 2.23. The standard InChI is InChI=1S/C19H21N5O2/c1-12-9-24(10-13(2)26-12)18-6-3-14(8-20-18)19(25)23-15-4-5-16-17(7-15)22-11-21-16/h3-8,11-13H,9-10H2,1-2H3,(H,21,22)(H,23,25). The molecule has 0 saturated carbocycles. The first-order chi connectivity index (χ1) is 12.6. The van der Waals surface area contributed by atoms with Crippen molar-refractivity contribution < 1.29 is 9.53 Å². The number of carbonyl (C=O) groups is 1. The minimum absolute atomic E-state index is 0.168. The number of ether oxygens (including phenoxy) is 1. The Labute approximate surface area is 151 Å². The number of fused-ring (bicyclic) bond motifs is 1. The second-order valence-electron chi connectivity index (χ2n) is 6.66. The minimum atomic E-state index is -0.188. The van der Waals surface area contributed by atoms with E-state index < -0.39 is 0 Å². The zero-order valence-corrected chi connectivity index (χ0v) is 14.8. The lowest BCUT2D eigenvalue weighted by molar-refractivity contribution is -0.00546. The van der Waals surface area contributed by atoms with Crippen molar-refractivity contribution in [1.82, 2.24) is 15.0 Å². The second-order valence-corrected chi connectivity index (χ2v) is 6.66. The number of hydrogen-bond acceptors (Lipinski definition) is 5. The van der Waals surface area contributed by atoms with Crippen LogP contribution in [0.1, 0.15) is 24.2 Å². The van der Waals surface area contributed by atoms with Gasteiger partial charge in [-0.1, -0.05) is 0 Å². The molecule has 2 atom stereocenters. The summed E-state index contributed by atoms with van der Waals surface area (Å²) in [7, 11) is 0.